The van der Waals surface area contributed by atoms with Crippen molar-refractivity contribution < 1.29 is 4.79 Å². The molecule has 90 valence electrons. The highest BCUT2D eigenvalue weighted by Crippen LogP contribution is 2.52. The first-order chi connectivity index (χ1) is 7.43. The SMILES string of the molecule is CC(=O)[C@H]1CC=C2CCCC(C)(C)[C@H]2[C@@H]1C. The Hall–Kier alpha value is -0.590. The summed E-state index contributed by atoms with van der Waals surface area (Å²) >= 11 is 0. The second-order valence-electron chi connectivity index (χ2n) is 6.41. The molecule has 0 unspecified atom stereocenters. The molecule has 16 heavy (non-hydrogen) atoms. The minimum atomic E-state index is 0.270. The van der Waals surface area contributed by atoms with E-state index in [-0.39, 0.29) is 5.92 Å². The highest BCUT2D eigenvalue weighted by atomic mass is 16.1. The van der Waals surface area contributed by atoms with Crippen molar-refractivity contribution in [1.82, 2.24) is 0 Å². The number of Topliss-reactive ketones (excluding diaryl/α,β-unsaturated/α-hetero) is 1. The lowest BCUT2D eigenvalue weighted by Crippen LogP contribution is -2.41. The molecule has 0 bridgehead atoms. The maximum absolute atomic E-state index is 11.7. The van der Waals surface area contributed by atoms with Crippen molar-refractivity contribution in [2.75, 3.05) is 0 Å². The number of ketones is 1. The van der Waals surface area contributed by atoms with E-state index in [9.17, 15) is 4.79 Å². The highest BCUT2D eigenvalue weighted by Gasteiger charge is 2.43. The Balaban J connectivity index is 2.32. The topological polar surface area (TPSA) is 17.1 Å². The zero-order valence-corrected chi connectivity index (χ0v) is 11.0. The van der Waals surface area contributed by atoms with Crippen molar-refractivity contribution in [2.24, 2.45) is 23.2 Å². The van der Waals surface area contributed by atoms with Crippen molar-refractivity contribution >= 4 is 5.78 Å². The molecule has 1 saturated carbocycles. The van der Waals surface area contributed by atoms with E-state index < -0.39 is 0 Å². The van der Waals surface area contributed by atoms with Gasteiger partial charge in [-0.1, -0.05) is 32.4 Å². The van der Waals surface area contributed by atoms with Gasteiger partial charge in [0.2, 0.25) is 0 Å². The fourth-order valence-corrected chi connectivity index (χ4v) is 4.10. The molecule has 2 rings (SSSR count). The van der Waals surface area contributed by atoms with Crippen molar-refractivity contribution in [3.63, 3.8) is 0 Å². The summed E-state index contributed by atoms with van der Waals surface area (Å²) in [5, 5.41) is 0. The molecule has 1 nitrogen and oxygen atoms in total. The number of hydrogen-bond donors (Lipinski definition) is 0. The predicted octanol–water partition coefficient (Wildman–Crippen LogP) is 3.98. The molecular weight excluding hydrogens is 196 g/mol. The zero-order chi connectivity index (χ0) is 11.9. The van der Waals surface area contributed by atoms with Gasteiger partial charge in [0.05, 0.1) is 0 Å². The Kier molecular flexibility index (Phi) is 2.98. The molecule has 0 saturated heterocycles. The maximum Gasteiger partial charge on any atom is 0.133 e. The molecule has 0 heterocycles. The Bertz CT molecular complexity index is 324. The second kappa shape index (κ2) is 4.01. The van der Waals surface area contributed by atoms with Crippen LogP contribution < -0.4 is 0 Å². The van der Waals surface area contributed by atoms with Gasteiger partial charge in [0.25, 0.3) is 0 Å². The van der Waals surface area contributed by atoms with Crippen LogP contribution in [0, 0.1) is 23.2 Å². The Morgan fingerprint density at radius 1 is 1.44 bits per heavy atom. The number of hydrogen-bond acceptors (Lipinski definition) is 1. The summed E-state index contributed by atoms with van der Waals surface area (Å²) in [6.07, 6.45) is 7.26. The molecule has 0 radical (unpaired) electrons. The number of carbonyl (C=O) groups is 1. The summed E-state index contributed by atoms with van der Waals surface area (Å²) in [5.74, 6) is 1.83. The zero-order valence-electron chi connectivity index (χ0n) is 11.0. The lowest BCUT2D eigenvalue weighted by molar-refractivity contribution is -0.123. The van der Waals surface area contributed by atoms with E-state index in [1.165, 1.54) is 19.3 Å². The van der Waals surface area contributed by atoms with E-state index in [1.54, 1.807) is 12.5 Å². The van der Waals surface area contributed by atoms with Crippen LogP contribution in [-0.4, -0.2) is 5.78 Å². The fourth-order valence-electron chi connectivity index (χ4n) is 4.10. The first-order valence-corrected chi connectivity index (χ1v) is 6.63. The van der Waals surface area contributed by atoms with E-state index in [2.05, 4.69) is 26.8 Å². The number of allylic oxidation sites excluding steroid dienone is 2. The molecule has 1 heteroatoms. The quantitative estimate of drug-likeness (QED) is 0.611. The molecule has 1 fully saturated rings. The molecule has 0 aromatic rings. The van der Waals surface area contributed by atoms with Gasteiger partial charge in [-0.2, -0.15) is 0 Å². The van der Waals surface area contributed by atoms with Crippen LogP contribution in [0.1, 0.15) is 53.4 Å². The minimum Gasteiger partial charge on any atom is -0.300 e. The summed E-state index contributed by atoms with van der Waals surface area (Å²) in [6, 6.07) is 0. The highest BCUT2D eigenvalue weighted by molar-refractivity contribution is 5.79. The van der Waals surface area contributed by atoms with E-state index >= 15 is 0 Å². The largest absolute Gasteiger partial charge is 0.300 e. The van der Waals surface area contributed by atoms with Crippen molar-refractivity contribution in [2.45, 2.75) is 53.4 Å². The standard InChI is InChI=1S/C15H24O/c1-10-13(11(2)16)8-7-12-6-5-9-15(3,4)14(10)12/h7,10,13-14H,5-6,8-9H2,1-4H3/t10-,13+,14+/m1/s1. The summed E-state index contributed by atoms with van der Waals surface area (Å²) in [6.45, 7) is 8.81. The van der Waals surface area contributed by atoms with Crippen LogP contribution in [0.5, 0.6) is 0 Å². The number of carbonyl (C=O) groups excluding carboxylic acids is 1. The van der Waals surface area contributed by atoms with Gasteiger partial charge in [-0.25, -0.2) is 0 Å². The molecule has 0 aromatic heterocycles. The predicted molar refractivity (Wildman–Crippen MR) is 67.2 cm³/mol. The smallest absolute Gasteiger partial charge is 0.133 e. The first-order valence-electron chi connectivity index (χ1n) is 6.63. The van der Waals surface area contributed by atoms with Crippen molar-refractivity contribution in [3.8, 4) is 0 Å². The minimum absolute atomic E-state index is 0.270. The lowest BCUT2D eigenvalue weighted by atomic mass is 9.56. The molecule has 0 N–H and O–H groups in total. The molecule has 3 atom stereocenters. The summed E-state index contributed by atoms with van der Waals surface area (Å²) < 4.78 is 0. The molecule has 0 amide bonds. The van der Waals surface area contributed by atoms with Gasteiger partial charge in [-0.05, 0) is 49.9 Å². The van der Waals surface area contributed by atoms with Gasteiger partial charge in [0.15, 0.2) is 0 Å². The van der Waals surface area contributed by atoms with Crippen LogP contribution in [-0.2, 0) is 4.79 Å². The van der Waals surface area contributed by atoms with Crippen molar-refractivity contribution in [3.05, 3.63) is 11.6 Å². The average Bonchev–Trinajstić information content (AvgIpc) is 2.15. The first kappa shape index (κ1) is 11.9. The van der Waals surface area contributed by atoms with E-state index in [4.69, 9.17) is 0 Å². The third-order valence-electron chi connectivity index (χ3n) is 4.84. The molecular formula is C15H24O. The summed E-state index contributed by atoms with van der Waals surface area (Å²) in [4.78, 5) is 11.7. The lowest BCUT2D eigenvalue weighted by Gasteiger charge is -2.48. The molecule has 2 aliphatic rings. The van der Waals surface area contributed by atoms with Crippen LogP contribution in [0.3, 0.4) is 0 Å². The van der Waals surface area contributed by atoms with Gasteiger partial charge >= 0.3 is 0 Å². The van der Waals surface area contributed by atoms with E-state index in [0.717, 1.165) is 6.42 Å². The second-order valence-corrected chi connectivity index (χ2v) is 6.41. The molecule has 0 spiro atoms. The van der Waals surface area contributed by atoms with Gasteiger partial charge in [-0.15, -0.1) is 0 Å². The van der Waals surface area contributed by atoms with Crippen LogP contribution in [0.2, 0.25) is 0 Å². The Labute approximate surface area is 99.3 Å². The van der Waals surface area contributed by atoms with Gasteiger partial charge in [0, 0.05) is 5.92 Å². The molecule has 2 aliphatic carbocycles. The summed E-state index contributed by atoms with van der Waals surface area (Å²) in [7, 11) is 0. The van der Waals surface area contributed by atoms with E-state index in [1.807, 2.05) is 0 Å². The average molecular weight is 220 g/mol. The number of fused-ring (bicyclic) bond motifs is 1. The Morgan fingerprint density at radius 3 is 2.75 bits per heavy atom. The fraction of sp³-hybridized carbons (Fsp3) is 0.800. The van der Waals surface area contributed by atoms with Gasteiger partial charge in [-0.3, -0.25) is 4.79 Å². The normalized spacial score (nSPS) is 37.5. The summed E-state index contributed by atoms with van der Waals surface area (Å²) in [5.41, 5.74) is 2.03. The van der Waals surface area contributed by atoms with Crippen LogP contribution in [0.25, 0.3) is 0 Å². The number of rotatable bonds is 1. The third-order valence-corrected chi connectivity index (χ3v) is 4.84. The van der Waals surface area contributed by atoms with Gasteiger partial charge in [0.1, 0.15) is 5.78 Å². The third kappa shape index (κ3) is 1.85. The molecule has 0 aliphatic heterocycles. The van der Waals surface area contributed by atoms with Gasteiger partial charge < -0.3 is 0 Å². The van der Waals surface area contributed by atoms with Crippen LogP contribution in [0.4, 0.5) is 0 Å². The maximum atomic E-state index is 11.7. The monoisotopic (exact) mass is 220 g/mol. The van der Waals surface area contributed by atoms with Crippen LogP contribution in [0.15, 0.2) is 11.6 Å². The van der Waals surface area contributed by atoms with Crippen LogP contribution >= 0.6 is 0 Å². The van der Waals surface area contributed by atoms with Crippen molar-refractivity contribution in [1.29, 1.82) is 0 Å². The van der Waals surface area contributed by atoms with E-state index in [0.29, 0.717) is 23.0 Å². The Morgan fingerprint density at radius 2 is 2.12 bits per heavy atom. The molecule has 0 aromatic carbocycles.